The van der Waals surface area contributed by atoms with Gasteiger partial charge in [-0.2, -0.15) is 13.2 Å². The highest BCUT2D eigenvalue weighted by molar-refractivity contribution is 5.74. The van der Waals surface area contributed by atoms with Gasteiger partial charge in [-0.3, -0.25) is 4.90 Å². The normalized spacial score (nSPS) is 23.9. The number of carbonyl (C=O) groups is 1. The Hall–Kier alpha value is -0.980. The summed E-state index contributed by atoms with van der Waals surface area (Å²) in [7, 11) is 0. The molecule has 7 heteroatoms. The molecule has 2 aliphatic rings. The number of likely N-dealkylation sites (tertiary alicyclic amines) is 1. The largest absolute Gasteiger partial charge is 0.390 e. The van der Waals surface area contributed by atoms with Crippen molar-refractivity contribution in [3.63, 3.8) is 0 Å². The zero-order valence-electron chi connectivity index (χ0n) is 13.2. The van der Waals surface area contributed by atoms with Crippen LogP contribution in [0.3, 0.4) is 0 Å². The second kappa shape index (κ2) is 7.53. The first-order chi connectivity index (χ1) is 10.4. The van der Waals surface area contributed by atoms with E-state index in [1.54, 1.807) is 6.92 Å². The quantitative estimate of drug-likeness (QED) is 0.845. The summed E-state index contributed by atoms with van der Waals surface area (Å²) in [5.74, 6) is 0. The van der Waals surface area contributed by atoms with Crippen molar-refractivity contribution in [3.05, 3.63) is 0 Å². The highest BCUT2D eigenvalue weighted by Crippen LogP contribution is 2.26. The van der Waals surface area contributed by atoms with E-state index in [0.717, 1.165) is 19.5 Å². The highest BCUT2D eigenvalue weighted by atomic mass is 19.4. The third-order valence-corrected chi connectivity index (χ3v) is 4.72. The molecule has 1 saturated heterocycles. The lowest BCUT2D eigenvalue weighted by Gasteiger charge is -2.26. The van der Waals surface area contributed by atoms with Crippen LogP contribution in [0.5, 0.6) is 0 Å². The van der Waals surface area contributed by atoms with Gasteiger partial charge in [0.15, 0.2) is 0 Å². The molecule has 1 aliphatic carbocycles. The van der Waals surface area contributed by atoms with E-state index in [9.17, 15) is 18.0 Å². The summed E-state index contributed by atoms with van der Waals surface area (Å²) in [5.41, 5.74) is 0. The summed E-state index contributed by atoms with van der Waals surface area (Å²) in [4.78, 5) is 15.8. The molecule has 2 fully saturated rings. The molecule has 1 saturated carbocycles. The van der Waals surface area contributed by atoms with Crippen molar-refractivity contribution < 1.29 is 18.0 Å². The van der Waals surface area contributed by atoms with Gasteiger partial charge in [-0.05, 0) is 26.2 Å². The van der Waals surface area contributed by atoms with Crippen molar-refractivity contribution in [1.82, 2.24) is 15.1 Å². The first-order valence-electron chi connectivity index (χ1n) is 8.25. The van der Waals surface area contributed by atoms with Gasteiger partial charge in [-0.1, -0.05) is 12.8 Å². The molecule has 0 aromatic heterocycles. The maximum Gasteiger partial charge on any atom is 0.390 e. The molecule has 1 heterocycles. The molecule has 1 N–H and O–H groups in total. The summed E-state index contributed by atoms with van der Waals surface area (Å²) >= 11 is 0. The van der Waals surface area contributed by atoms with E-state index in [1.165, 1.54) is 30.6 Å². The predicted octanol–water partition coefficient (Wildman–Crippen LogP) is 2.99. The molecular formula is C15H26F3N3O. The van der Waals surface area contributed by atoms with Crippen molar-refractivity contribution in [1.29, 1.82) is 0 Å². The average molecular weight is 321 g/mol. The van der Waals surface area contributed by atoms with Crippen molar-refractivity contribution in [2.75, 3.05) is 26.2 Å². The third-order valence-electron chi connectivity index (χ3n) is 4.72. The maximum absolute atomic E-state index is 12.3. The lowest BCUT2D eigenvalue weighted by molar-refractivity contribution is -0.136. The molecule has 1 unspecified atom stereocenters. The van der Waals surface area contributed by atoms with Gasteiger partial charge >= 0.3 is 12.2 Å². The monoisotopic (exact) mass is 321 g/mol. The van der Waals surface area contributed by atoms with Crippen LogP contribution in [0.15, 0.2) is 0 Å². The zero-order chi connectivity index (χ0) is 16.2. The molecule has 1 atom stereocenters. The number of alkyl halides is 3. The first kappa shape index (κ1) is 17.4. The van der Waals surface area contributed by atoms with Crippen LogP contribution in [0.1, 0.15) is 45.4 Å². The average Bonchev–Trinajstić information content (AvgIpc) is 3.08. The van der Waals surface area contributed by atoms with Crippen LogP contribution >= 0.6 is 0 Å². The predicted molar refractivity (Wildman–Crippen MR) is 78.7 cm³/mol. The van der Waals surface area contributed by atoms with E-state index in [1.807, 2.05) is 0 Å². The second-order valence-electron chi connectivity index (χ2n) is 6.31. The topological polar surface area (TPSA) is 35.6 Å². The van der Waals surface area contributed by atoms with Gasteiger partial charge in [0.05, 0.1) is 6.42 Å². The van der Waals surface area contributed by atoms with Gasteiger partial charge in [0.2, 0.25) is 0 Å². The minimum absolute atomic E-state index is 0.0630. The molecule has 128 valence electrons. The van der Waals surface area contributed by atoms with Gasteiger partial charge in [0.25, 0.3) is 0 Å². The third kappa shape index (κ3) is 5.04. The fraction of sp³-hybridized carbons (Fsp3) is 0.933. The van der Waals surface area contributed by atoms with E-state index in [-0.39, 0.29) is 18.6 Å². The first-order valence-corrected chi connectivity index (χ1v) is 8.25. The minimum atomic E-state index is -4.22. The van der Waals surface area contributed by atoms with Crippen LogP contribution in [-0.2, 0) is 0 Å². The van der Waals surface area contributed by atoms with Crippen LogP contribution in [0.2, 0.25) is 0 Å². The molecule has 2 amide bonds. The molecule has 2 rings (SSSR count). The van der Waals surface area contributed by atoms with E-state index >= 15 is 0 Å². The number of hydrogen-bond donors (Lipinski definition) is 1. The Morgan fingerprint density at radius 2 is 1.95 bits per heavy atom. The Kier molecular flexibility index (Phi) is 5.94. The summed E-state index contributed by atoms with van der Waals surface area (Å²) in [6.07, 6.45) is 0.728. The maximum atomic E-state index is 12.3. The fourth-order valence-electron chi connectivity index (χ4n) is 3.44. The lowest BCUT2D eigenvalue weighted by Crippen LogP contribution is -2.47. The number of amides is 2. The summed E-state index contributed by atoms with van der Waals surface area (Å²) < 4.78 is 36.8. The van der Waals surface area contributed by atoms with Gasteiger partial charge in [-0.15, -0.1) is 0 Å². The summed E-state index contributed by atoms with van der Waals surface area (Å²) in [6, 6.07) is 0.326. The summed E-state index contributed by atoms with van der Waals surface area (Å²) in [6.45, 7) is 3.53. The van der Waals surface area contributed by atoms with Crippen molar-refractivity contribution in [3.8, 4) is 0 Å². The van der Waals surface area contributed by atoms with Crippen LogP contribution in [0.25, 0.3) is 0 Å². The minimum Gasteiger partial charge on any atom is -0.334 e. The van der Waals surface area contributed by atoms with Crippen LogP contribution in [0.4, 0.5) is 18.0 Å². The molecular weight excluding hydrogens is 295 g/mol. The second-order valence-corrected chi connectivity index (χ2v) is 6.31. The summed E-state index contributed by atoms with van der Waals surface area (Å²) in [5, 5.41) is 2.90. The number of halogens is 3. The van der Waals surface area contributed by atoms with E-state index in [4.69, 9.17) is 0 Å². The lowest BCUT2D eigenvalue weighted by atomic mass is 10.2. The Morgan fingerprint density at radius 1 is 1.27 bits per heavy atom. The standard InChI is InChI=1S/C15H26F3N3O/c1-2-20(10-8-15(16,17)18)14(22)19-12-7-9-21(11-12)13-5-3-4-6-13/h12-13H,2-11H2,1H3,(H,19,22). The zero-order valence-corrected chi connectivity index (χ0v) is 13.2. The Bertz CT molecular complexity index is 370. The van der Waals surface area contributed by atoms with E-state index in [0.29, 0.717) is 12.6 Å². The van der Waals surface area contributed by atoms with Crippen LogP contribution < -0.4 is 5.32 Å². The number of nitrogens with one attached hydrogen (secondary N) is 1. The highest BCUT2D eigenvalue weighted by Gasteiger charge is 2.32. The Balaban J connectivity index is 1.75. The number of hydrogen-bond acceptors (Lipinski definition) is 2. The van der Waals surface area contributed by atoms with Crippen LogP contribution in [-0.4, -0.2) is 60.3 Å². The molecule has 4 nitrogen and oxygen atoms in total. The molecule has 0 aromatic rings. The molecule has 0 radical (unpaired) electrons. The van der Waals surface area contributed by atoms with Crippen LogP contribution in [0, 0.1) is 0 Å². The van der Waals surface area contributed by atoms with Gasteiger partial charge < -0.3 is 10.2 Å². The Morgan fingerprint density at radius 3 is 2.55 bits per heavy atom. The number of nitrogens with zero attached hydrogens (tertiary/aromatic N) is 2. The van der Waals surface area contributed by atoms with Crippen molar-refractivity contribution >= 4 is 6.03 Å². The van der Waals surface area contributed by atoms with Crippen molar-refractivity contribution in [2.45, 2.75) is 63.7 Å². The Labute approximate surface area is 130 Å². The fourth-order valence-corrected chi connectivity index (χ4v) is 3.44. The van der Waals surface area contributed by atoms with E-state index < -0.39 is 12.6 Å². The molecule has 0 aromatic carbocycles. The molecule has 0 spiro atoms. The number of urea groups is 1. The number of carbonyl (C=O) groups excluding carboxylic acids is 1. The van der Waals surface area contributed by atoms with Gasteiger partial charge in [-0.25, -0.2) is 4.79 Å². The van der Waals surface area contributed by atoms with E-state index in [2.05, 4.69) is 10.2 Å². The molecule has 1 aliphatic heterocycles. The molecule has 0 bridgehead atoms. The SMILES string of the molecule is CCN(CCC(F)(F)F)C(=O)NC1CCN(C2CCCC2)C1. The number of rotatable bonds is 5. The van der Waals surface area contributed by atoms with Gasteiger partial charge in [0.1, 0.15) is 0 Å². The molecule has 22 heavy (non-hydrogen) atoms. The van der Waals surface area contributed by atoms with Crippen molar-refractivity contribution in [2.24, 2.45) is 0 Å². The smallest absolute Gasteiger partial charge is 0.334 e. The van der Waals surface area contributed by atoms with Gasteiger partial charge in [0, 0.05) is 38.3 Å².